The van der Waals surface area contributed by atoms with Crippen LogP contribution in [0.4, 0.5) is 13.2 Å². The molecule has 1 saturated heterocycles. The second kappa shape index (κ2) is 7.05. The van der Waals surface area contributed by atoms with Gasteiger partial charge in [0, 0.05) is 12.6 Å². The summed E-state index contributed by atoms with van der Waals surface area (Å²) in [4.78, 5) is 25.3. The first-order chi connectivity index (χ1) is 12.7. The lowest BCUT2D eigenvalue weighted by Gasteiger charge is -2.23. The highest BCUT2D eigenvalue weighted by Crippen LogP contribution is 2.31. The molecule has 1 aromatic carbocycles. The largest absolute Gasteiger partial charge is 0.481 e. The van der Waals surface area contributed by atoms with Gasteiger partial charge < -0.3 is 10.0 Å². The van der Waals surface area contributed by atoms with Gasteiger partial charge in [0.25, 0.3) is 5.91 Å². The molecule has 1 aliphatic heterocycles. The molecule has 1 aliphatic rings. The van der Waals surface area contributed by atoms with Crippen LogP contribution >= 0.6 is 0 Å². The number of benzene rings is 1. The van der Waals surface area contributed by atoms with Crippen LogP contribution in [0.25, 0.3) is 5.69 Å². The Balaban J connectivity index is 1.90. The lowest BCUT2D eigenvalue weighted by molar-refractivity contribution is -0.138. The molecule has 0 bridgehead atoms. The predicted molar refractivity (Wildman–Crippen MR) is 89.6 cm³/mol. The maximum Gasteiger partial charge on any atom is 0.416 e. The Morgan fingerprint density at radius 1 is 1.33 bits per heavy atom. The van der Waals surface area contributed by atoms with Gasteiger partial charge in [0.2, 0.25) is 0 Å². The van der Waals surface area contributed by atoms with E-state index in [4.69, 9.17) is 5.11 Å². The Bertz CT molecular complexity index is 876. The fourth-order valence-corrected chi connectivity index (χ4v) is 3.37. The zero-order valence-corrected chi connectivity index (χ0v) is 14.5. The number of hydrogen-bond donors (Lipinski definition) is 1. The summed E-state index contributed by atoms with van der Waals surface area (Å²) in [5, 5.41) is 13.1. The molecule has 0 aliphatic carbocycles. The van der Waals surface area contributed by atoms with Crippen molar-refractivity contribution in [1.82, 2.24) is 14.7 Å². The van der Waals surface area contributed by atoms with E-state index < -0.39 is 17.7 Å². The van der Waals surface area contributed by atoms with E-state index in [1.807, 2.05) is 0 Å². The molecule has 144 valence electrons. The van der Waals surface area contributed by atoms with E-state index in [0.717, 1.165) is 12.1 Å². The Hall–Kier alpha value is -2.84. The number of carbonyl (C=O) groups excluding carboxylic acids is 1. The number of halogens is 3. The average Bonchev–Trinajstić information content (AvgIpc) is 3.20. The quantitative estimate of drug-likeness (QED) is 0.882. The van der Waals surface area contributed by atoms with Crippen molar-refractivity contribution in [2.75, 3.05) is 6.54 Å². The van der Waals surface area contributed by atoms with E-state index in [-0.39, 0.29) is 29.6 Å². The predicted octanol–water partition coefficient (Wildman–Crippen LogP) is 3.28. The van der Waals surface area contributed by atoms with Crippen molar-refractivity contribution in [3.63, 3.8) is 0 Å². The summed E-state index contributed by atoms with van der Waals surface area (Å²) in [5.74, 6) is -1.33. The van der Waals surface area contributed by atoms with Crippen molar-refractivity contribution < 1.29 is 27.9 Å². The van der Waals surface area contributed by atoms with Crippen molar-refractivity contribution in [2.24, 2.45) is 0 Å². The van der Waals surface area contributed by atoms with Crippen LogP contribution in [0.2, 0.25) is 0 Å². The highest BCUT2D eigenvalue weighted by Gasteiger charge is 2.33. The minimum absolute atomic E-state index is 0.132. The Morgan fingerprint density at radius 3 is 2.74 bits per heavy atom. The molecule has 3 rings (SSSR count). The number of carbonyl (C=O) groups is 2. The number of amides is 1. The van der Waals surface area contributed by atoms with E-state index in [1.54, 1.807) is 6.92 Å². The summed E-state index contributed by atoms with van der Waals surface area (Å²) >= 11 is 0. The number of carboxylic acid groups (broad SMARTS) is 1. The van der Waals surface area contributed by atoms with Crippen LogP contribution in [0.15, 0.2) is 30.5 Å². The molecule has 1 amide bonds. The van der Waals surface area contributed by atoms with Crippen molar-refractivity contribution in [3.8, 4) is 5.69 Å². The summed E-state index contributed by atoms with van der Waals surface area (Å²) in [5.41, 5.74) is 0.0544. The van der Waals surface area contributed by atoms with Gasteiger partial charge in [-0.3, -0.25) is 9.59 Å². The third kappa shape index (κ3) is 3.81. The Labute approximate surface area is 153 Å². The standard InChI is InChI=1S/C18H18F3N3O3/c1-11-15(17(27)23-7-3-6-13(23)9-16(25)26)10-22-24(11)14-5-2-4-12(8-14)18(19,20)21/h2,4-5,8,10,13H,3,6-7,9H2,1H3,(H,25,26). The molecule has 9 heteroatoms. The summed E-state index contributed by atoms with van der Waals surface area (Å²) in [7, 11) is 0. The zero-order chi connectivity index (χ0) is 19.8. The molecular weight excluding hydrogens is 363 g/mol. The average molecular weight is 381 g/mol. The smallest absolute Gasteiger partial charge is 0.416 e. The number of aromatic nitrogens is 2. The van der Waals surface area contributed by atoms with Crippen molar-refractivity contribution >= 4 is 11.9 Å². The molecule has 1 fully saturated rings. The van der Waals surface area contributed by atoms with Crippen LogP contribution in [0.5, 0.6) is 0 Å². The van der Waals surface area contributed by atoms with Gasteiger partial charge in [-0.1, -0.05) is 6.07 Å². The third-order valence-corrected chi connectivity index (χ3v) is 4.71. The number of nitrogens with zero attached hydrogens (tertiary/aromatic N) is 3. The van der Waals surface area contributed by atoms with Gasteiger partial charge in [0.1, 0.15) is 0 Å². The molecular formula is C18H18F3N3O3. The number of hydrogen-bond acceptors (Lipinski definition) is 3. The number of rotatable bonds is 4. The molecule has 1 aromatic heterocycles. The molecule has 2 aromatic rings. The molecule has 0 saturated carbocycles. The number of likely N-dealkylation sites (tertiary alicyclic amines) is 1. The Morgan fingerprint density at radius 2 is 2.07 bits per heavy atom. The van der Waals surface area contributed by atoms with E-state index in [0.29, 0.717) is 25.1 Å². The van der Waals surface area contributed by atoms with Crippen LogP contribution in [0.1, 0.15) is 40.9 Å². The van der Waals surface area contributed by atoms with Gasteiger partial charge in [-0.05, 0) is 38.0 Å². The second-order valence-electron chi connectivity index (χ2n) is 6.50. The summed E-state index contributed by atoms with van der Waals surface area (Å²) in [6.45, 7) is 2.05. The van der Waals surface area contributed by atoms with Crippen LogP contribution in [0, 0.1) is 6.92 Å². The van der Waals surface area contributed by atoms with Crippen LogP contribution in [0.3, 0.4) is 0 Å². The van der Waals surface area contributed by atoms with Gasteiger partial charge >= 0.3 is 12.1 Å². The zero-order valence-electron chi connectivity index (χ0n) is 14.5. The van der Waals surface area contributed by atoms with E-state index >= 15 is 0 Å². The lowest BCUT2D eigenvalue weighted by atomic mass is 10.1. The molecule has 2 heterocycles. The van der Waals surface area contributed by atoms with Crippen molar-refractivity contribution in [1.29, 1.82) is 0 Å². The van der Waals surface area contributed by atoms with E-state index in [2.05, 4.69) is 5.10 Å². The fraction of sp³-hybridized carbons (Fsp3) is 0.389. The summed E-state index contributed by atoms with van der Waals surface area (Å²) in [6.07, 6.45) is -1.97. The minimum atomic E-state index is -4.48. The summed E-state index contributed by atoms with van der Waals surface area (Å²) in [6, 6.07) is 4.31. The molecule has 27 heavy (non-hydrogen) atoms. The third-order valence-electron chi connectivity index (χ3n) is 4.71. The minimum Gasteiger partial charge on any atom is -0.481 e. The van der Waals surface area contributed by atoms with Crippen LogP contribution < -0.4 is 0 Å². The van der Waals surface area contributed by atoms with Crippen molar-refractivity contribution in [3.05, 3.63) is 47.3 Å². The number of alkyl halides is 3. The SMILES string of the molecule is Cc1c(C(=O)N2CCCC2CC(=O)O)cnn1-c1cccc(C(F)(F)F)c1. The van der Waals surface area contributed by atoms with Crippen LogP contribution in [-0.2, 0) is 11.0 Å². The van der Waals surface area contributed by atoms with Gasteiger partial charge in [-0.25, -0.2) is 4.68 Å². The first-order valence-electron chi connectivity index (χ1n) is 8.43. The fourth-order valence-electron chi connectivity index (χ4n) is 3.37. The van der Waals surface area contributed by atoms with Gasteiger partial charge in [0.05, 0.1) is 35.1 Å². The Kier molecular flexibility index (Phi) is 4.95. The summed E-state index contributed by atoms with van der Waals surface area (Å²) < 4.78 is 40.1. The molecule has 6 nitrogen and oxygen atoms in total. The molecule has 1 atom stereocenters. The molecule has 1 unspecified atom stereocenters. The monoisotopic (exact) mass is 381 g/mol. The van der Waals surface area contributed by atoms with E-state index in [9.17, 15) is 22.8 Å². The van der Waals surface area contributed by atoms with Crippen LogP contribution in [-0.4, -0.2) is 44.3 Å². The molecule has 0 radical (unpaired) electrons. The second-order valence-corrected chi connectivity index (χ2v) is 6.50. The first kappa shape index (κ1) is 18.9. The number of carboxylic acids is 1. The lowest BCUT2D eigenvalue weighted by Crippen LogP contribution is -2.37. The highest BCUT2D eigenvalue weighted by atomic mass is 19.4. The first-order valence-corrected chi connectivity index (χ1v) is 8.43. The van der Waals surface area contributed by atoms with E-state index in [1.165, 1.54) is 27.9 Å². The van der Waals surface area contributed by atoms with Gasteiger partial charge in [-0.2, -0.15) is 18.3 Å². The van der Waals surface area contributed by atoms with Gasteiger partial charge in [-0.15, -0.1) is 0 Å². The van der Waals surface area contributed by atoms with Crippen molar-refractivity contribution in [2.45, 2.75) is 38.4 Å². The highest BCUT2D eigenvalue weighted by molar-refractivity contribution is 5.95. The maximum absolute atomic E-state index is 12.9. The number of aliphatic carboxylic acids is 1. The van der Waals surface area contributed by atoms with Gasteiger partial charge in [0.15, 0.2) is 0 Å². The molecule has 1 N–H and O–H groups in total. The normalized spacial score (nSPS) is 17.3. The molecule has 0 spiro atoms. The topological polar surface area (TPSA) is 75.4 Å². The maximum atomic E-state index is 12.9.